The van der Waals surface area contributed by atoms with Gasteiger partial charge in [-0.3, -0.25) is 14.4 Å². The van der Waals surface area contributed by atoms with Crippen LogP contribution in [0.3, 0.4) is 0 Å². The summed E-state index contributed by atoms with van der Waals surface area (Å²) >= 11 is 0. The molecule has 3 N–H and O–H groups in total. The fourth-order valence-corrected chi connectivity index (χ4v) is 0. The Labute approximate surface area is 114 Å². The van der Waals surface area contributed by atoms with Gasteiger partial charge in [0.05, 0.1) is 0 Å². The summed E-state index contributed by atoms with van der Waals surface area (Å²) in [4.78, 5) is 33.3. The summed E-state index contributed by atoms with van der Waals surface area (Å²) in [5, 5.41) is 28.9. The second-order valence-electron chi connectivity index (χ2n) is 0.412. The van der Waals surface area contributed by atoms with E-state index in [2.05, 4.69) is 0 Å². The standard InChI is InChI=1S/4CH2O2.Na.Ru/c4*2-1-3;;/h4*1H,(H,2,3);;/q;;;;+1;/p-1. The summed E-state index contributed by atoms with van der Waals surface area (Å²) in [5.41, 5.74) is 0. The Morgan fingerprint density at radius 2 is 0.786 bits per heavy atom. The fourth-order valence-electron chi connectivity index (χ4n) is 0. The van der Waals surface area contributed by atoms with Gasteiger partial charge in [0, 0.05) is 26.0 Å². The van der Waals surface area contributed by atoms with E-state index in [0.717, 1.165) is 0 Å². The Morgan fingerprint density at radius 1 is 0.786 bits per heavy atom. The molecule has 0 saturated carbocycles. The Bertz CT molecular complexity index is 75.3. The van der Waals surface area contributed by atoms with E-state index in [0.29, 0.717) is 0 Å². The van der Waals surface area contributed by atoms with Crippen molar-refractivity contribution in [3.05, 3.63) is 0 Å². The summed E-state index contributed by atoms with van der Waals surface area (Å²) < 4.78 is 0. The zero-order valence-electron chi connectivity index (χ0n) is 7.05. The van der Waals surface area contributed by atoms with E-state index < -0.39 is 6.47 Å². The van der Waals surface area contributed by atoms with Gasteiger partial charge in [0.15, 0.2) is 0 Å². The van der Waals surface area contributed by atoms with Crippen LogP contribution in [0.4, 0.5) is 0 Å². The number of carbonyl (C=O) groups is 4. The van der Waals surface area contributed by atoms with Crippen molar-refractivity contribution in [3.8, 4) is 0 Å². The molecule has 0 amide bonds. The number of carboxylic acid groups (broad SMARTS) is 4. The first kappa shape index (κ1) is 37.5. The predicted octanol–water partition coefficient (Wildman–Crippen LogP) is -5.53. The number of carbonyl (C=O) groups excluding carboxylic acids is 1. The molecular formula is C4H7NaO8Ru. The molecule has 0 bridgehead atoms. The molecule has 0 aromatic heterocycles. The maximum Gasteiger partial charge on any atom is 1.00 e. The Kier molecular flexibility index (Phi) is 361. The summed E-state index contributed by atoms with van der Waals surface area (Å²) in [6, 6.07) is 0. The molecule has 0 atom stereocenters. The average Bonchev–Trinajstić information content (AvgIpc) is 1.92. The topological polar surface area (TPSA) is 152 Å². The van der Waals surface area contributed by atoms with Crippen molar-refractivity contribution >= 4 is 25.9 Å². The van der Waals surface area contributed by atoms with Crippen molar-refractivity contribution in [1.82, 2.24) is 0 Å². The van der Waals surface area contributed by atoms with E-state index in [1.54, 1.807) is 0 Å². The zero-order chi connectivity index (χ0) is 10.8. The normalized spacial score (nSPS) is 3.43. The minimum absolute atomic E-state index is 0. The molecule has 0 radical (unpaired) electrons. The van der Waals surface area contributed by atoms with Crippen molar-refractivity contribution in [2.75, 3.05) is 0 Å². The predicted molar refractivity (Wildman–Crippen MR) is 32.1 cm³/mol. The van der Waals surface area contributed by atoms with E-state index in [4.69, 9.17) is 39.6 Å². The number of hydrogen-bond acceptors (Lipinski definition) is 5. The maximum atomic E-state index is 8.36. The first-order valence-corrected chi connectivity index (χ1v) is 1.95. The molecule has 0 fully saturated rings. The minimum atomic E-state index is -0.500. The van der Waals surface area contributed by atoms with Crippen LogP contribution in [0.25, 0.3) is 0 Å². The molecular weight excluding hydrogens is 300 g/mol. The Hall–Kier alpha value is -0.497. The van der Waals surface area contributed by atoms with Crippen molar-refractivity contribution in [1.29, 1.82) is 0 Å². The molecule has 0 aromatic carbocycles. The quantitative estimate of drug-likeness (QED) is 0.296. The first-order valence-electron chi connectivity index (χ1n) is 1.95. The van der Waals surface area contributed by atoms with Crippen LogP contribution < -0.4 is 34.7 Å². The van der Waals surface area contributed by atoms with E-state index in [-0.39, 0.29) is 68.5 Å². The van der Waals surface area contributed by atoms with Crippen LogP contribution in [0.5, 0.6) is 0 Å². The molecule has 0 rings (SSSR count). The van der Waals surface area contributed by atoms with Gasteiger partial charge in [-0.05, 0) is 0 Å². The van der Waals surface area contributed by atoms with Crippen LogP contribution >= 0.6 is 0 Å². The molecule has 10 heteroatoms. The molecule has 8 nitrogen and oxygen atoms in total. The van der Waals surface area contributed by atoms with E-state index >= 15 is 0 Å². The molecule has 14 heavy (non-hydrogen) atoms. The summed E-state index contributed by atoms with van der Waals surface area (Å²) in [5.74, 6) is 0. The summed E-state index contributed by atoms with van der Waals surface area (Å²) in [6.45, 7) is -1.25. The Morgan fingerprint density at radius 3 is 0.786 bits per heavy atom. The molecule has 0 aliphatic heterocycles. The van der Waals surface area contributed by atoms with E-state index in [9.17, 15) is 0 Å². The van der Waals surface area contributed by atoms with Crippen LogP contribution in [-0.2, 0) is 38.7 Å². The van der Waals surface area contributed by atoms with Gasteiger partial charge >= 0.3 is 29.6 Å². The molecule has 0 saturated heterocycles. The van der Waals surface area contributed by atoms with Crippen molar-refractivity contribution in [2.45, 2.75) is 0 Å². The van der Waals surface area contributed by atoms with Crippen LogP contribution in [-0.4, -0.2) is 41.2 Å². The summed E-state index contributed by atoms with van der Waals surface area (Å²) in [7, 11) is 0. The third-order valence-electron chi connectivity index (χ3n) is 0. The van der Waals surface area contributed by atoms with Gasteiger partial charge in [-0.15, -0.1) is 0 Å². The molecule has 0 aromatic rings. The second-order valence-corrected chi connectivity index (χ2v) is 0.412. The van der Waals surface area contributed by atoms with Gasteiger partial charge in [-0.25, -0.2) is 0 Å². The van der Waals surface area contributed by atoms with Gasteiger partial charge < -0.3 is 25.2 Å². The molecule has 0 spiro atoms. The zero-order valence-corrected chi connectivity index (χ0v) is 10.8. The van der Waals surface area contributed by atoms with Gasteiger partial charge in [-0.1, -0.05) is 0 Å². The second kappa shape index (κ2) is 135. The molecule has 0 heterocycles. The number of rotatable bonds is 0. The van der Waals surface area contributed by atoms with Gasteiger partial charge in [0.2, 0.25) is 0 Å². The van der Waals surface area contributed by atoms with Crippen molar-refractivity contribution < 1.29 is 88.6 Å². The summed E-state index contributed by atoms with van der Waals surface area (Å²) in [6.07, 6.45) is 0. The van der Waals surface area contributed by atoms with Crippen molar-refractivity contribution in [3.63, 3.8) is 0 Å². The third kappa shape index (κ3) is 5150. The van der Waals surface area contributed by atoms with Gasteiger partial charge in [0.1, 0.15) is 0 Å². The monoisotopic (exact) mass is 308 g/mol. The molecule has 80 valence electrons. The van der Waals surface area contributed by atoms with Crippen LogP contribution in [0.1, 0.15) is 0 Å². The average molecular weight is 307 g/mol. The molecule has 0 aliphatic carbocycles. The van der Waals surface area contributed by atoms with Gasteiger partial charge in [-0.2, -0.15) is 0 Å². The number of hydrogen-bond donors (Lipinski definition) is 3. The van der Waals surface area contributed by atoms with E-state index in [1.165, 1.54) is 0 Å². The van der Waals surface area contributed by atoms with Crippen LogP contribution in [0.2, 0.25) is 0 Å². The fraction of sp³-hybridized carbons (Fsp3) is 0. The smallest absolute Gasteiger partial charge is 0.554 e. The largest absolute Gasteiger partial charge is 1.00 e. The maximum absolute atomic E-state index is 8.36. The molecule has 0 aliphatic rings. The molecule has 0 unspecified atom stereocenters. The van der Waals surface area contributed by atoms with Gasteiger partial charge in [0.25, 0.3) is 19.4 Å². The van der Waals surface area contributed by atoms with E-state index in [1.807, 2.05) is 0 Å². The SMILES string of the molecule is O=CO.O=CO.O=CO.O=C[O-].[Na+].[Ru]. The third-order valence-corrected chi connectivity index (χ3v) is 0. The van der Waals surface area contributed by atoms with Crippen molar-refractivity contribution in [2.24, 2.45) is 0 Å². The first-order chi connectivity index (χ1) is 5.66. The minimum Gasteiger partial charge on any atom is -0.554 e. The van der Waals surface area contributed by atoms with Crippen LogP contribution in [0.15, 0.2) is 0 Å². The Balaban J connectivity index is -0.0000000145. The van der Waals surface area contributed by atoms with Crippen LogP contribution in [0, 0.1) is 0 Å².